The lowest BCUT2D eigenvalue weighted by Crippen LogP contribution is -2.26. The Bertz CT molecular complexity index is 831. The Hall–Kier alpha value is -2.44. The van der Waals surface area contributed by atoms with Gasteiger partial charge in [-0.1, -0.05) is 55.5 Å². The molecule has 132 valence electrons. The third kappa shape index (κ3) is 6.52. The summed E-state index contributed by atoms with van der Waals surface area (Å²) in [7, 11) is -3.57. The number of hydrogen-bond acceptors (Lipinski definition) is 3. The highest BCUT2D eigenvalue weighted by atomic mass is 32.2. The zero-order valence-electron chi connectivity index (χ0n) is 14.1. The molecule has 25 heavy (non-hydrogen) atoms. The third-order valence-electron chi connectivity index (χ3n) is 3.57. The number of nitrogens with one attached hydrogen (secondary N) is 2. The molecule has 0 aliphatic heterocycles. The molecule has 0 aliphatic rings. The van der Waals surface area contributed by atoms with Gasteiger partial charge in [0.15, 0.2) is 0 Å². The number of carbonyl (C=O) groups excluding carboxylic acids is 1. The fraction of sp³-hybridized carbons (Fsp3) is 0.211. The van der Waals surface area contributed by atoms with Crippen molar-refractivity contribution in [2.45, 2.75) is 19.8 Å². The summed E-state index contributed by atoms with van der Waals surface area (Å²) < 4.78 is 26.2. The van der Waals surface area contributed by atoms with Crippen LogP contribution in [0.3, 0.4) is 0 Å². The Morgan fingerprint density at radius 3 is 2.44 bits per heavy atom. The van der Waals surface area contributed by atoms with E-state index in [0.29, 0.717) is 0 Å². The summed E-state index contributed by atoms with van der Waals surface area (Å²) in [6, 6.07) is 16.7. The van der Waals surface area contributed by atoms with Crippen LogP contribution in [-0.4, -0.2) is 20.9 Å². The van der Waals surface area contributed by atoms with Crippen molar-refractivity contribution in [3.05, 3.63) is 71.1 Å². The van der Waals surface area contributed by atoms with Gasteiger partial charge in [0.05, 0.1) is 0 Å². The second-order valence-electron chi connectivity index (χ2n) is 5.46. The van der Waals surface area contributed by atoms with Crippen molar-refractivity contribution in [2.75, 3.05) is 11.9 Å². The average Bonchev–Trinajstić information content (AvgIpc) is 2.61. The van der Waals surface area contributed by atoms with Crippen molar-refractivity contribution in [3.63, 3.8) is 0 Å². The fourth-order valence-corrected chi connectivity index (χ4v) is 3.07. The molecule has 0 aliphatic carbocycles. The number of amides is 1. The van der Waals surface area contributed by atoms with Crippen molar-refractivity contribution in [1.29, 1.82) is 0 Å². The molecule has 0 heterocycles. The van der Waals surface area contributed by atoms with Crippen LogP contribution in [-0.2, 0) is 21.2 Å². The number of sulfonamides is 1. The van der Waals surface area contributed by atoms with Crippen molar-refractivity contribution in [2.24, 2.45) is 0 Å². The summed E-state index contributed by atoms with van der Waals surface area (Å²) in [6.07, 6.45) is 2.39. The maximum atomic E-state index is 12.0. The third-order valence-corrected chi connectivity index (χ3v) is 4.67. The first-order valence-electron chi connectivity index (χ1n) is 8.11. The highest BCUT2D eigenvalue weighted by molar-refractivity contribution is 7.92. The van der Waals surface area contributed by atoms with Gasteiger partial charge in [-0.2, -0.15) is 0 Å². The molecule has 2 rings (SSSR count). The van der Waals surface area contributed by atoms with Gasteiger partial charge in [-0.05, 0) is 29.7 Å². The maximum Gasteiger partial charge on any atom is 0.233 e. The monoisotopic (exact) mass is 358 g/mol. The Labute approximate surface area is 148 Å². The van der Waals surface area contributed by atoms with E-state index in [4.69, 9.17) is 0 Å². The second-order valence-corrected chi connectivity index (χ2v) is 7.11. The lowest BCUT2D eigenvalue weighted by Gasteiger charge is -2.09. The van der Waals surface area contributed by atoms with Crippen LogP contribution in [0.2, 0.25) is 0 Å². The number of hydrogen-bond donors (Lipinski definition) is 2. The zero-order chi connectivity index (χ0) is 18.1. The van der Waals surface area contributed by atoms with Gasteiger partial charge in [-0.25, -0.2) is 13.1 Å². The van der Waals surface area contributed by atoms with Gasteiger partial charge in [0.2, 0.25) is 15.9 Å². The van der Waals surface area contributed by atoms with Gasteiger partial charge in [0.25, 0.3) is 0 Å². The Morgan fingerprint density at radius 2 is 1.72 bits per heavy atom. The van der Waals surface area contributed by atoms with E-state index >= 15 is 0 Å². The second kappa shape index (κ2) is 9.15. The number of aryl methyl sites for hydroxylation is 1. The molecule has 2 N–H and O–H groups in total. The quantitative estimate of drug-likeness (QED) is 0.761. The first-order chi connectivity index (χ1) is 12.0. The van der Waals surface area contributed by atoms with Crippen LogP contribution < -0.4 is 10.0 Å². The van der Waals surface area contributed by atoms with Crippen LogP contribution >= 0.6 is 0 Å². The molecular weight excluding hydrogens is 336 g/mol. The molecule has 0 unspecified atom stereocenters. The Balaban J connectivity index is 1.83. The van der Waals surface area contributed by atoms with Crippen molar-refractivity contribution in [1.82, 2.24) is 4.72 Å². The molecule has 0 fully saturated rings. The molecule has 5 nitrogen and oxygen atoms in total. The van der Waals surface area contributed by atoms with E-state index in [9.17, 15) is 13.2 Å². The highest BCUT2D eigenvalue weighted by Gasteiger charge is 2.08. The highest BCUT2D eigenvalue weighted by Crippen LogP contribution is 2.15. The molecule has 0 saturated carbocycles. The van der Waals surface area contributed by atoms with Crippen LogP contribution in [0, 0.1) is 0 Å². The summed E-state index contributed by atoms with van der Waals surface area (Å²) in [5, 5.41) is 3.92. The van der Waals surface area contributed by atoms with Gasteiger partial charge in [-0.15, -0.1) is 0 Å². The molecule has 0 bridgehead atoms. The first-order valence-corrected chi connectivity index (χ1v) is 9.65. The van der Waals surface area contributed by atoms with Gasteiger partial charge < -0.3 is 5.32 Å². The largest absolute Gasteiger partial charge is 0.326 e. The average molecular weight is 358 g/mol. The van der Waals surface area contributed by atoms with E-state index in [1.54, 1.807) is 0 Å². The van der Waals surface area contributed by atoms with Gasteiger partial charge in [-0.3, -0.25) is 4.79 Å². The normalized spacial score (nSPS) is 11.6. The molecule has 0 saturated heterocycles. The van der Waals surface area contributed by atoms with Crippen LogP contribution in [0.1, 0.15) is 24.5 Å². The van der Waals surface area contributed by atoms with E-state index in [1.165, 1.54) is 6.08 Å². The summed E-state index contributed by atoms with van der Waals surface area (Å²) in [6.45, 7) is 2.06. The van der Waals surface area contributed by atoms with Crippen LogP contribution in [0.5, 0.6) is 0 Å². The van der Waals surface area contributed by atoms with Crippen LogP contribution in [0.4, 0.5) is 5.69 Å². The number of anilines is 1. The summed E-state index contributed by atoms with van der Waals surface area (Å²) in [4.78, 5) is 12.0. The molecular formula is C19H22N2O3S. The summed E-state index contributed by atoms with van der Waals surface area (Å²) in [5.74, 6) is -0.226. The van der Waals surface area contributed by atoms with Crippen molar-refractivity contribution >= 4 is 27.7 Å². The minimum absolute atomic E-state index is 0.0432. The van der Waals surface area contributed by atoms with E-state index in [2.05, 4.69) is 10.0 Å². The predicted molar refractivity (Wildman–Crippen MR) is 101 cm³/mol. The number of para-hydroxylation sites is 1. The van der Waals surface area contributed by atoms with E-state index in [-0.39, 0.29) is 18.9 Å². The Kier molecular flexibility index (Phi) is 6.91. The lowest BCUT2D eigenvalue weighted by atomic mass is 10.1. The molecule has 6 heteroatoms. The van der Waals surface area contributed by atoms with Gasteiger partial charge in [0.1, 0.15) is 0 Å². The number of benzene rings is 2. The van der Waals surface area contributed by atoms with E-state index in [1.807, 2.05) is 61.5 Å². The molecule has 0 spiro atoms. The van der Waals surface area contributed by atoms with Gasteiger partial charge in [0, 0.05) is 24.1 Å². The molecule has 2 aromatic carbocycles. The van der Waals surface area contributed by atoms with Crippen LogP contribution in [0.25, 0.3) is 6.08 Å². The SMILES string of the molecule is CCc1ccccc1NC(=O)CCNS(=O)(=O)/C=C/c1ccccc1. The maximum absolute atomic E-state index is 12.0. The summed E-state index contributed by atoms with van der Waals surface area (Å²) >= 11 is 0. The number of rotatable bonds is 8. The summed E-state index contributed by atoms with van der Waals surface area (Å²) in [5.41, 5.74) is 2.60. The van der Waals surface area contributed by atoms with E-state index < -0.39 is 10.0 Å². The molecule has 0 radical (unpaired) electrons. The zero-order valence-corrected chi connectivity index (χ0v) is 14.9. The first kappa shape index (κ1) is 18.9. The smallest absolute Gasteiger partial charge is 0.233 e. The fourth-order valence-electron chi connectivity index (χ4n) is 2.25. The molecule has 2 aromatic rings. The van der Waals surface area contributed by atoms with Gasteiger partial charge >= 0.3 is 0 Å². The Morgan fingerprint density at radius 1 is 1.04 bits per heavy atom. The van der Waals surface area contributed by atoms with Crippen LogP contribution in [0.15, 0.2) is 60.0 Å². The van der Waals surface area contributed by atoms with Crippen molar-refractivity contribution < 1.29 is 13.2 Å². The van der Waals surface area contributed by atoms with E-state index in [0.717, 1.165) is 28.6 Å². The minimum atomic E-state index is -3.57. The molecule has 0 atom stereocenters. The van der Waals surface area contributed by atoms with Crippen molar-refractivity contribution in [3.8, 4) is 0 Å². The topological polar surface area (TPSA) is 75.3 Å². The lowest BCUT2D eigenvalue weighted by molar-refractivity contribution is -0.116. The molecule has 1 amide bonds. The minimum Gasteiger partial charge on any atom is -0.326 e. The standard InChI is InChI=1S/C19H22N2O3S/c1-2-17-10-6-7-11-18(17)21-19(22)12-14-20-25(23,24)15-13-16-8-4-3-5-9-16/h3-11,13,15,20H,2,12,14H2,1H3,(H,21,22)/b15-13+. The molecule has 0 aromatic heterocycles. The predicted octanol–water partition coefficient (Wildman–Crippen LogP) is 3.17. The number of carbonyl (C=O) groups is 1.